The lowest BCUT2D eigenvalue weighted by atomic mass is 10.2. The summed E-state index contributed by atoms with van der Waals surface area (Å²) in [5.41, 5.74) is 8.07. The highest BCUT2D eigenvalue weighted by molar-refractivity contribution is 7.90. The zero-order valence-electron chi connectivity index (χ0n) is 11.3. The van der Waals surface area contributed by atoms with Crippen LogP contribution in [-0.2, 0) is 16.4 Å². The number of nitrogens with zero attached hydrogens (tertiary/aromatic N) is 2. The van der Waals surface area contributed by atoms with Crippen LogP contribution in [0.4, 0.5) is 0 Å². The van der Waals surface area contributed by atoms with Gasteiger partial charge in [0, 0.05) is 24.6 Å². The van der Waals surface area contributed by atoms with Gasteiger partial charge in [-0.25, -0.2) is 13.4 Å². The van der Waals surface area contributed by atoms with Gasteiger partial charge in [0.1, 0.15) is 5.52 Å². The van der Waals surface area contributed by atoms with Crippen LogP contribution in [0.2, 0.25) is 0 Å². The number of benzene rings is 1. The van der Waals surface area contributed by atoms with Gasteiger partial charge in [0.25, 0.3) is 0 Å². The average molecular weight is 303 g/mol. The van der Waals surface area contributed by atoms with Gasteiger partial charge in [-0.2, -0.15) is 0 Å². The van der Waals surface area contributed by atoms with E-state index in [9.17, 15) is 8.42 Å². The number of aromatic nitrogens is 2. The molecule has 0 aliphatic rings. The van der Waals surface area contributed by atoms with Crippen LogP contribution in [0.5, 0.6) is 0 Å². The third-order valence-electron chi connectivity index (χ3n) is 3.06. The maximum Gasteiger partial charge on any atom is 0.227 e. The molecule has 0 radical (unpaired) electrons. The molecule has 21 heavy (non-hydrogen) atoms. The van der Waals surface area contributed by atoms with Gasteiger partial charge in [0.15, 0.2) is 15.4 Å². The molecule has 0 saturated heterocycles. The number of hydrogen-bond donors (Lipinski definition) is 1. The van der Waals surface area contributed by atoms with E-state index in [1.165, 1.54) is 12.1 Å². The van der Waals surface area contributed by atoms with Crippen molar-refractivity contribution in [3.63, 3.8) is 0 Å². The molecule has 0 unspecified atom stereocenters. The first-order valence-corrected chi connectivity index (χ1v) is 8.12. The largest absolute Gasteiger partial charge is 0.436 e. The molecular weight excluding hydrogens is 290 g/mol. The number of rotatable bonds is 3. The van der Waals surface area contributed by atoms with Gasteiger partial charge >= 0.3 is 0 Å². The average Bonchev–Trinajstić information content (AvgIpc) is 2.89. The summed E-state index contributed by atoms with van der Waals surface area (Å²) in [7, 11) is -3.27. The molecule has 6 nitrogen and oxygen atoms in total. The van der Waals surface area contributed by atoms with Crippen molar-refractivity contribution in [2.24, 2.45) is 5.73 Å². The van der Waals surface area contributed by atoms with Crippen LogP contribution in [0.15, 0.2) is 45.8 Å². The minimum absolute atomic E-state index is 0.215. The highest BCUT2D eigenvalue weighted by atomic mass is 32.2. The molecule has 1 aromatic carbocycles. The molecule has 0 aliphatic carbocycles. The summed E-state index contributed by atoms with van der Waals surface area (Å²) in [6, 6.07) is 8.17. The summed E-state index contributed by atoms with van der Waals surface area (Å²) in [5.74, 6) is 0.410. The van der Waals surface area contributed by atoms with E-state index in [2.05, 4.69) is 9.97 Å². The van der Waals surface area contributed by atoms with Crippen molar-refractivity contribution in [3.8, 4) is 11.5 Å². The topological polar surface area (TPSA) is 99.1 Å². The summed E-state index contributed by atoms with van der Waals surface area (Å²) >= 11 is 0. The molecule has 2 N–H and O–H groups in total. The lowest BCUT2D eigenvalue weighted by Gasteiger charge is -1.97. The van der Waals surface area contributed by atoms with Crippen LogP contribution < -0.4 is 5.73 Å². The van der Waals surface area contributed by atoms with Crippen LogP contribution in [0.25, 0.3) is 22.6 Å². The molecule has 108 valence electrons. The number of oxazole rings is 1. The standard InChI is InChI=1S/C14H13N3O3S/c1-21(18,19)11-2-3-13-12(7-11)17-14(20-13)9-4-5-16-10(6-9)8-15/h2-7H,8,15H2,1H3. The molecule has 3 rings (SSSR count). The summed E-state index contributed by atoms with van der Waals surface area (Å²) in [6.07, 6.45) is 2.79. The van der Waals surface area contributed by atoms with Gasteiger partial charge in [0.2, 0.25) is 5.89 Å². The summed E-state index contributed by atoms with van der Waals surface area (Å²) < 4.78 is 28.8. The van der Waals surface area contributed by atoms with Crippen LogP contribution >= 0.6 is 0 Å². The van der Waals surface area contributed by atoms with Crippen molar-refractivity contribution in [3.05, 3.63) is 42.2 Å². The molecule has 0 amide bonds. The summed E-state index contributed by atoms with van der Waals surface area (Å²) in [4.78, 5) is 8.66. The van der Waals surface area contributed by atoms with Gasteiger partial charge in [0.05, 0.1) is 10.6 Å². The molecule has 0 atom stereocenters. The minimum atomic E-state index is -3.27. The van der Waals surface area contributed by atoms with E-state index in [0.29, 0.717) is 23.5 Å². The Morgan fingerprint density at radius 1 is 1.24 bits per heavy atom. The van der Waals surface area contributed by atoms with Gasteiger partial charge in [-0.15, -0.1) is 0 Å². The molecule has 2 aromatic heterocycles. The minimum Gasteiger partial charge on any atom is -0.436 e. The van der Waals surface area contributed by atoms with E-state index in [-0.39, 0.29) is 4.90 Å². The van der Waals surface area contributed by atoms with Crippen LogP contribution in [-0.4, -0.2) is 24.6 Å². The second-order valence-corrected chi connectivity index (χ2v) is 6.68. The first-order chi connectivity index (χ1) is 9.97. The molecule has 3 aromatic rings. The molecule has 0 saturated carbocycles. The Morgan fingerprint density at radius 3 is 2.76 bits per heavy atom. The molecule has 0 bridgehead atoms. The SMILES string of the molecule is CS(=O)(=O)c1ccc2oc(-c3ccnc(CN)c3)nc2c1. The van der Waals surface area contributed by atoms with Crippen molar-refractivity contribution < 1.29 is 12.8 Å². The Hall–Kier alpha value is -2.25. The number of nitrogens with two attached hydrogens (primary N) is 1. The first kappa shape index (κ1) is 13.7. The Balaban J connectivity index is 2.12. The van der Waals surface area contributed by atoms with Gasteiger partial charge < -0.3 is 10.2 Å². The van der Waals surface area contributed by atoms with Crippen molar-refractivity contribution in [1.29, 1.82) is 0 Å². The number of sulfone groups is 1. The van der Waals surface area contributed by atoms with Gasteiger partial charge in [-0.05, 0) is 30.3 Å². The van der Waals surface area contributed by atoms with Gasteiger partial charge in [-0.3, -0.25) is 4.98 Å². The van der Waals surface area contributed by atoms with Gasteiger partial charge in [-0.1, -0.05) is 0 Å². The van der Waals surface area contributed by atoms with Crippen LogP contribution in [0, 0.1) is 0 Å². The third kappa shape index (κ3) is 2.65. The Labute approximate surface area is 121 Å². The Bertz CT molecular complexity index is 916. The maximum absolute atomic E-state index is 11.6. The number of fused-ring (bicyclic) bond motifs is 1. The molecule has 7 heteroatoms. The van der Waals surface area contributed by atoms with Crippen molar-refractivity contribution in [2.75, 3.05) is 6.26 Å². The van der Waals surface area contributed by atoms with Crippen molar-refractivity contribution >= 4 is 20.9 Å². The monoisotopic (exact) mass is 303 g/mol. The highest BCUT2D eigenvalue weighted by Gasteiger charge is 2.13. The van der Waals surface area contributed by atoms with E-state index in [1.54, 1.807) is 24.4 Å². The van der Waals surface area contributed by atoms with Crippen molar-refractivity contribution in [2.45, 2.75) is 11.4 Å². The van der Waals surface area contributed by atoms with Crippen molar-refractivity contribution in [1.82, 2.24) is 9.97 Å². The zero-order chi connectivity index (χ0) is 15.0. The molecule has 0 spiro atoms. The Morgan fingerprint density at radius 2 is 2.05 bits per heavy atom. The predicted molar refractivity (Wildman–Crippen MR) is 78.2 cm³/mol. The van der Waals surface area contributed by atoms with Crippen LogP contribution in [0.1, 0.15) is 5.69 Å². The summed E-state index contributed by atoms with van der Waals surface area (Å²) in [6.45, 7) is 0.326. The smallest absolute Gasteiger partial charge is 0.227 e. The highest BCUT2D eigenvalue weighted by Crippen LogP contribution is 2.26. The fraction of sp³-hybridized carbons (Fsp3) is 0.143. The van der Waals surface area contributed by atoms with E-state index in [1.807, 2.05) is 0 Å². The van der Waals surface area contributed by atoms with E-state index in [0.717, 1.165) is 17.5 Å². The Kier molecular flexibility index (Phi) is 3.23. The first-order valence-electron chi connectivity index (χ1n) is 6.23. The van der Waals surface area contributed by atoms with E-state index < -0.39 is 9.84 Å². The molecule has 0 fully saturated rings. The van der Waals surface area contributed by atoms with Crippen LogP contribution in [0.3, 0.4) is 0 Å². The third-order valence-corrected chi connectivity index (χ3v) is 4.17. The number of pyridine rings is 1. The lowest BCUT2D eigenvalue weighted by Crippen LogP contribution is -1.98. The number of hydrogen-bond acceptors (Lipinski definition) is 6. The zero-order valence-corrected chi connectivity index (χ0v) is 12.1. The predicted octanol–water partition coefficient (Wildman–Crippen LogP) is 1.75. The normalized spacial score (nSPS) is 11.9. The lowest BCUT2D eigenvalue weighted by molar-refractivity contribution is 0.602. The maximum atomic E-state index is 11.6. The second-order valence-electron chi connectivity index (χ2n) is 4.66. The summed E-state index contributed by atoms with van der Waals surface area (Å²) in [5, 5.41) is 0. The quantitative estimate of drug-likeness (QED) is 0.791. The molecular formula is C14H13N3O3S. The fourth-order valence-corrected chi connectivity index (χ4v) is 2.63. The van der Waals surface area contributed by atoms with E-state index >= 15 is 0 Å². The van der Waals surface area contributed by atoms with E-state index in [4.69, 9.17) is 10.2 Å². The second kappa shape index (κ2) is 4.94. The fourth-order valence-electron chi connectivity index (χ4n) is 1.98. The molecule has 0 aliphatic heterocycles. The molecule has 2 heterocycles.